The number of rotatable bonds is 4. The van der Waals surface area contributed by atoms with Gasteiger partial charge in [0.25, 0.3) is 0 Å². The number of unbranched alkanes of at least 4 members (excludes halogenated alkanes) is 1. The van der Waals surface area contributed by atoms with Crippen molar-refractivity contribution in [1.82, 2.24) is 0 Å². The number of benzene rings is 1. The second-order valence-corrected chi connectivity index (χ2v) is 4.13. The minimum atomic E-state index is -0.850. The third kappa shape index (κ3) is 2.84. The average Bonchev–Trinajstić information content (AvgIpc) is 2.15. The van der Waals surface area contributed by atoms with E-state index in [0.717, 1.165) is 29.3 Å². The maximum atomic E-state index is 10.9. The molecule has 1 aromatic carbocycles. The number of hydrogen-bond acceptors (Lipinski definition) is 1. The van der Waals surface area contributed by atoms with Crippen molar-refractivity contribution >= 4 is 21.9 Å². The molecule has 0 unspecified atom stereocenters. The van der Waals surface area contributed by atoms with Gasteiger partial charge in [-0.2, -0.15) is 0 Å². The van der Waals surface area contributed by atoms with Crippen molar-refractivity contribution in [2.75, 3.05) is 0 Å². The van der Waals surface area contributed by atoms with Gasteiger partial charge in [-0.3, -0.25) is 0 Å². The van der Waals surface area contributed by atoms with E-state index in [0.29, 0.717) is 5.56 Å². The van der Waals surface area contributed by atoms with Crippen molar-refractivity contribution in [3.8, 4) is 0 Å². The molecular formula is C11H13BrO2. The van der Waals surface area contributed by atoms with Crippen molar-refractivity contribution in [1.29, 1.82) is 0 Å². The summed E-state index contributed by atoms with van der Waals surface area (Å²) in [6, 6.07) is 5.42. The zero-order chi connectivity index (χ0) is 10.6. The number of carboxylic acid groups (broad SMARTS) is 1. The second kappa shape index (κ2) is 5.15. The van der Waals surface area contributed by atoms with Crippen molar-refractivity contribution < 1.29 is 9.90 Å². The molecule has 0 radical (unpaired) electrons. The lowest BCUT2D eigenvalue weighted by atomic mass is 10.0. The normalized spacial score (nSPS) is 10.1. The Bertz CT molecular complexity index is 334. The quantitative estimate of drug-likeness (QED) is 0.896. The molecular weight excluding hydrogens is 244 g/mol. The fourth-order valence-electron chi connectivity index (χ4n) is 1.33. The molecule has 0 aliphatic rings. The first kappa shape index (κ1) is 11.2. The van der Waals surface area contributed by atoms with Gasteiger partial charge in [0.1, 0.15) is 0 Å². The van der Waals surface area contributed by atoms with Crippen LogP contribution in [0.2, 0.25) is 0 Å². The summed E-state index contributed by atoms with van der Waals surface area (Å²) in [6.45, 7) is 2.10. The maximum absolute atomic E-state index is 10.9. The molecule has 2 nitrogen and oxygen atoms in total. The Morgan fingerprint density at radius 1 is 1.50 bits per heavy atom. The summed E-state index contributed by atoms with van der Waals surface area (Å²) in [5.41, 5.74) is 1.33. The van der Waals surface area contributed by atoms with E-state index in [1.54, 1.807) is 6.07 Å². The highest BCUT2D eigenvalue weighted by Gasteiger charge is 2.09. The van der Waals surface area contributed by atoms with Crippen molar-refractivity contribution in [2.24, 2.45) is 0 Å². The van der Waals surface area contributed by atoms with Gasteiger partial charge in [-0.05, 0) is 30.5 Å². The van der Waals surface area contributed by atoms with E-state index >= 15 is 0 Å². The van der Waals surface area contributed by atoms with Crippen molar-refractivity contribution in [3.05, 3.63) is 33.8 Å². The highest BCUT2D eigenvalue weighted by molar-refractivity contribution is 9.10. The van der Waals surface area contributed by atoms with Crippen LogP contribution in [0.15, 0.2) is 22.7 Å². The minimum absolute atomic E-state index is 0.410. The summed E-state index contributed by atoms with van der Waals surface area (Å²) >= 11 is 3.27. The van der Waals surface area contributed by atoms with Crippen LogP contribution in [0.25, 0.3) is 0 Å². The zero-order valence-electron chi connectivity index (χ0n) is 8.09. The second-order valence-electron chi connectivity index (χ2n) is 3.21. The van der Waals surface area contributed by atoms with Gasteiger partial charge >= 0.3 is 5.97 Å². The maximum Gasteiger partial charge on any atom is 0.336 e. The van der Waals surface area contributed by atoms with E-state index in [1.807, 2.05) is 12.1 Å². The Morgan fingerprint density at radius 3 is 2.79 bits per heavy atom. The first-order chi connectivity index (χ1) is 6.65. The summed E-state index contributed by atoms with van der Waals surface area (Å²) in [6.07, 6.45) is 2.95. The molecule has 0 spiro atoms. The standard InChI is InChI=1S/C11H13BrO2/c1-2-3-4-8-5-6-9(12)7-10(8)11(13)14/h5-7H,2-4H2,1H3,(H,13,14). The van der Waals surface area contributed by atoms with E-state index in [9.17, 15) is 4.79 Å². The predicted octanol–water partition coefficient (Wildman–Crippen LogP) is 3.49. The molecule has 0 aromatic heterocycles. The number of aromatic carboxylic acids is 1. The number of carbonyl (C=O) groups is 1. The van der Waals surface area contributed by atoms with Crippen molar-refractivity contribution in [2.45, 2.75) is 26.2 Å². The van der Waals surface area contributed by atoms with Gasteiger partial charge in [-0.1, -0.05) is 35.3 Å². The first-order valence-corrected chi connectivity index (χ1v) is 5.46. The molecule has 76 valence electrons. The number of aryl methyl sites for hydroxylation is 1. The molecule has 0 fully saturated rings. The molecule has 1 rings (SSSR count). The zero-order valence-corrected chi connectivity index (χ0v) is 9.67. The SMILES string of the molecule is CCCCc1ccc(Br)cc1C(=O)O. The summed E-state index contributed by atoms with van der Waals surface area (Å²) in [4.78, 5) is 10.9. The van der Waals surface area contributed by atoms with Crippen LogP contribution in [-0.2, 0) is 6.42 Å². The van der Waals surface area contributed by atoms with Gasteiger partial charge in [0, 0.05) is 4.47 Å². The molecule has 1 N–H and O–H groups in total. The van der Waals surface area contributed by atoms with Gasteiger partial charge in [0.2, 0.25) is 0 Å². The van der Waals surface area contributed by atoms with E-state index in [2.05, 4.69) is 22.9 Å². The molecule has 3 heteroatoms. The average molecular weight is 257 g/mol. The van der Waals surface area contributed by atoms with E-state index in [-0.39, 0.29) is 0 Å². The van der Waals surface area contributed by atoms with Gasteiger partial charge < -0.3 is 5.11 Å². The van der Waals surface area contributed by atoms with Crippen LogP contribution in [0, 0.1) is 0 Å². The summed E-state index contributed by atoms with van der Waals surface area (Å²) in [5, 5.41) is 8.97. The van der Waals surface area contributed by atoms with Crippen LogP contribution in [0.1, 0.15) is 35.7 Å². The fraction of sp³-hybridized carbons (Fsp3) is 0.364. The van der Waals surface area contributed by atoms with Gasteiger partial charge in [-0.15, -0.1) is 0 Å². The number of halogens is 1. The molecule has 1 aromatic rings. The Morgan fingerprint density at radius 2 is 2.21 bits per heavy atom. The molecule has 0 amide bonds. The van der Waals surface area contributed by atoms with Crippen LogP contribution in [0.3, 0.4) is 0 Å². The van der Waals surface area contributed by atoms with Crippen LogP contribution >= 0.6 is 15.9 Å². The molecule has 0 aliphatic carbocycles. The predicted molar refractivity (Wildman–Crippen MR) is 59.7 cm³/mol. The monoisotopic (exact) mass is 256 g/mol. The highest BCUT2D eigenvalue weighted by atomic mass is 79.9. The molecule has 0 bridgehead atoms. The number of hydrogen-bond donors (Lipinski definition) is 1. The van der Waals surface area contributed by atoms with Crippen LogP contribution in [0.4, 0.5) is 0 Å². The topological polar surface area (TPSA) is 37.3 Å². The molecule has 0 aliphatic heterocycles. The lowest BCUT2D eigenvalue weighted by molar-refractivity contribution is 0.0695. The van der Waals surface area contributed by atoms with E-state index in [4.69, 9.17) is 5.11 Å². The lowest BCUT2D eigenvalue weighted by Gasteiger charge is -2.05. The molecule has 0 saturated carbocycles. The first-order valence-electron chi connectivity index (χ1n) is 4.67. The molecule has 14 heavy (non-hydrogen) atoms. The minimum Gasteiger partial charge on any atom is -0.478 e. The van der Waals surface area contributed by atoms with E-state index < -0.39 is 5.97 Å². The Hall–Kier alpha value is -0.830. The van der Waals surface area contributed by atoms with Crippen LogP contribution in [-0.4, -0.2) is 11.1 Å². The summed E-state index contributed by atoms with van der Waals surface area (Å²) in [5.74, 6) is -0.850. The van der Waals surface area contributed by atoms with E-state index in [1.165, 1.54) is 0 Å². The Kier molecular flexibility index (Phi) is 4.14. The van der Waals surface area contributed by atoms with Gasteiger partial charge in [-0.25, -0.2) is 4.79 Å². The van der Waals surface area contributed by atoms with Crippen LogP contribution in [0.5, 0.6) is 0 Å². The van der Waals surface area contributed by atoms with Gasteiger partial charge in [0.15, 0.2) is 0 Å². The Balaban J connectivity index is 2.96. The van der Waals surface area contributed by atoms with Crippen molar-refractivity contribution in [3.63, 3.8) is 0 Å². The summed E-state index contributed by atoms with van der Waals surface area (Å²) < 4.78 is 0.815. The Labute approximate surface area is 92.1 Å². The van der Waals surface area contributed by atoms with Crippen LogP contribution < -0.4 is 0 Å². The third-order valence-corrected chi connectivity index (χ3v) is 2.60. The fourth-order valence-corrected chi connectivity index (χ4v) is 1.69. The summed E-state index contributed by atoms with van der Waals surface area (Å²) in [7, 11) is 0. The molecule has 0 heterocycles. The molecule has 0 atom stereocenters. The smallest absolute Gasteiger partial charge is 0.336 e. The van der Waals surface area contributed by atoms with Gasteiger partial charge in [0.05, 0.1) is 5.56 Å². The molecule has 0 saturated heterocycles. The largest absolute Gasteiger partial charge is 0.478 e. The lowest BCUT2D eigenvalue weighted by Crippen LogP contribution is -2.02. The highest BCUT2D eigenvalue weighted by Crippen LogP contribution is 2.18. The number of carboxylic acids is 1. The third-order valence-electron chi connectivity index (χ3n) is 2.10.